The van der Waals surface area contributed by atoms with Crippen molar-refractivity contribution in [3.63, 3.8) is 0 Å². The molecule has 0 bridgehead atoms. The zero-order valence-corrected chi connectivity index (χ0v) is 12.6. The van der Waals surface area contributed by atoms with Gasteiger partial charge in [-0.25, -0.2) is 4.39 Å². The molecular formula is C16H25FN2O. The van der Waals surface area contributed by atoms with Crippen LogP contribution in [0.4, 0.5) is 10.1 Å². The van der Waals surface area contributed by atoms with Crippen molar-refractivity contribution in [3.8, 4) is 0 Å². The lowest BCUT2D eigenvalue weighted by molar-refractivity contribution is 0.0298. The number of nitrogens with zero attached hydrogens (tertiary/aromatic N) is 1. The van der Waals surface area contributed by atoms with Gasteiger partial charge in [-0.1, -0.05) is 13.0 Å². The molecule has 1 heterocycles. The first-order valence-electron chi connectivity index (χ1n) is 7.44. The highest BCUT2D eigenvalue weighted by molar-refractivity contribution is 5.56. The fraction of sp³-hybridized carbons (Fsp3) is 0.625. The molecule has 3 atom stereocenters. The lowest BCUT2D eigenvalue weighted by atomic mass is 10.0. The zero-order chi connectivity index (χ0) is 14.7. The van der Waals surface area contributed by atoms with Crippen molar-refractivity contribution in [2.45, 2.75) is 51.8 Å². The smallest absolute Gasteiger partial charge is 0.128 e. The maximum Gasteiger partial charge on any atom is 0.128 e. The summed E-state index contributed by atoms with van der Waals surface area (Å²) in [7, 11) is 0. The molecule has 2 N–H and O–H groups in total. The van der Waals surface area contributed by atoms with Gasteiger partial charge in [-0.3, -0.25) is 0 Å². The number of morpholine rings is 1. The van der Waals surface area contributed by atoms with Crippen LogP contribution in [0.25, 0.3) is 0 Å². The zero-order valence-electron chi connectivity index (χ0n) is 12.6. The van der Waals surface area contributed by atoms with Crippen molar-refractivity contribution in [3.05, 3.63) is 29.6 Å². The summed E-state index contributed by atoms with van der Waals surface area (Å²) in [5.74, 6) is -0.159. The molecule has 3 unspecified atom stereocenters. The largest absolute Gasteiger partial charge is 0.375 e. The molecule has 1 aliphatic rings. The number of ether oxygens (including phenoxy) is 1. The van der Waals surface area contributed by atoms with Crippen LogP contribution in [0.15, 0.2) is 18.2 Å². The summed E-state index contributed by atoms with van der Waals surface area (Å²) in [5, 5.41) is 0. The molecule has 1 fully saturated rings. The molecule has 3 nitrogen and oxygen atoms in total. The summed E-state index contributed by atoms with van der Waals surface area (Å²) in [4.78, 5) is 2.29. The average molecular weight is 280 g/mol. The summed E-state index contributed by atoms with van der Waals surface area (Å²) in [6.45, 7) is 7.61. The number of anilines is 1. The van der Waals surface area contributed by atoms with Crippen LogP contribution in [0.5, 0.6) is 0 Å². The van der Waals surface area contributed by atoms with E-state index in [1.165, 1.54) is 6.07 Å². The molecule has 1 saturated heterocycles. The van der Waals surface area contributed by atoms with E-state index >= 15 is 0 Å². The summed E-state index contributed by atoms with van der Waals surface area (Å²) >= 11 is 0. The molecule has 20 heavy (non-hydrogen) atoms. The van der Waals surface area contributed by atoms with E-state index in [4.69, 9.17) is 10.5 Å². The van der Waals surface area contributed by atoms with Crippen molar-refractivity contribution in [2.24, 2.45) is 5.73 Å². The Balaban J connectivity index is 2.36. The first-order valence-corrected chi connectivity index (χ1v) is 7.44. The van der Waals surface area contributed by atoms with E-state index < -0.39 is 0 Å². The Morgan fingerprint density at radius 1 is 1.50 bits per heavy atom. The highest BCUT2D eigenvalue weighted by Gasteiger charge is 2.28. The van der Waals surface area contributed by atoms with Gasteiger partial charge in [0.1, 0.15) is 5.82 Å². The Labute approximate surface area is 120 Å². The molecule has 0 radical (unpaired) electrons. The average Bonchev–Trinajstić information content (AvgIpc) is 2.40. The van der Waals surface area contributed by atoms with E-state index in [0.717, 1.165) is 24.2 Å². The highest BCUT2D eigenvalue weighted by atomic mass is 19.1. The maximum atomic E-state index is 14.2. The van der Waals surface area contributed by atoms with E-state index in [9.17, 15) is 4.39 Å². The first kappa shape index (κ1) is 15.3. The van der Waals surface area contributed by atoms with Crippen LogP contribution < -0.4 is 10.6 Å². The van der Waals surface area contributed by atoms with Crippen LogP contribution in [0, 0.1) is 5.82 Å². The van der Waals surface area contributed by atoms with Gasteiger partial charge in [0.05, 0.1) is 18.8 Å². The number of hydrogen-bond acceptors (Lipinski definition) is 3. The quantitative estimate of drug-likeness (QED) is 0.921. The molecule has 1 aliphatic heterocycles. The standard InChI is InChI=1S/C16H25FN2O/c1-4-13-10-20-12(3)9-19(13)16-7-5-6-15(17)14(16)8-11(2)18/h5-7,11-13H,4,8-10,18H2,1-3H3. The second kappa shape index (κ2) is 6.55. The Hall–Kier alpha value is -1.13. The molecule has 0 aliphatic carbocycles. The Morgan fingerprint density at radius 3 is 2.90 bits per heavy atom. The van der Waals surface area contributed by atoms with Crippen LogP contribution in [0.2, 0.25) is 0 Å². The molecule has 4 heteroatoms. The van der Waals surface area contributed by atoms with Gasteiger partial charge in [-0.2, -0.15) is 0 Å². The topological polar surface area (TPSA) is 38.5 Å². The third-order valence-electron chi connectivity index (χ3n) is 3.87. The molecule has 0 saturated carbocycles. The normalized spacial score (nSPS) is 24.8. The number of halogens is 1. The van der Waals surface area contributed by atoms with Crippen LogP contribution in [0.1, 0.15) is 32.8 Å². The van der Waals surface area contributed by atoms with Gasteiger partial charge in [0.25, 0.3) is 0 Å². The molecule has 112 valence electrons. The highest BCUT2D eigenvalue weighted by Crippen LogP contribution is 2.29. The molecule has 1 aromatic rings. The monoisotopic (exact) mass is 280 g/mol. The van der Waals surface area contributed by atoms with E-state index in [2.05, 4.69) is 18.7 Å². The fourth-order valence-electron chi connectivity index (χ4n) is 2.82. The number of nitrogens with two attached hydrogens (primary N) is 1. The summed E-state index contributed by atoms with van der Waals surface area (Å²) in [6.07, 6.45) is 1.72. The second-order valence-corrected chi connectivity index (χ2v) is 5.78. The third kappa shape index (κ3) is 3.30. The van der Waals surface area contributed by atoms with Gasteiger partial charge in [0.2, 0.25) is 0 Å². The maximum absolute atomic E-state index is 14.2. The second-order valence-electron chi connectivity index (χ2n) is 5.78. The summed E-state index contributed by atoms with van der Waals surface area (Å²) in [5.41, 5.74) is 7.58. The van der Waals surface area contributed by atoms with E-state index in [-0.39, 0.29) is 18.0 Å². The third-order valence-corrected chi connectivity index (χ3v) is 3.87. The van der Waals surface area contributed by atoms with E-state index in [1.54, 1.807) is 6.07 Å². The van der Waals surface area contributed by atoms with Gasteiger partial charge in [0, 0.05) is 23.8 Å². The molecule has 1 aromatic carbocycles. The fourth-order valence-corrected chi connectivity index (χ4v) is 2.82. The Morgan fingerprint density at radius 2 is 2.25 bits per heavy atom. The minimum atomic E-state index is -0.159. The molecular weight excluding hydrogens is 255 g/mol. The van der Waals surface area contributed by atoms with Crippen LogP contribution in [-0.2, 0) is 11.2 Å². The SMILES string of the molecule is CCC1COC(C)CN1c1cccc(F)c1CC(C)N. The van der Waals surface area contributed by atoms with Gasteiger partial charge in [-0.05, 0) is 38.8 Å². The summed E-state index contributed by atoms with van der Waals surface area (Å²) in [6, 6.07) is 5.56. The van der Waals surface area contributed by atoms with Gasteiger partial charge in [-0.15, -0.1) is 0 Å². The predicted molar refractivity (Wildman–Crippen MR) is 80.6 cm³/mol. The van der Waals surface area contributed by atoms with Crippen molar-refractivity contribution in [2.75, 3.05) is 18.1 Å². The first-order chi connectivity index (χ1) is 9.52. The van der Waals surface area contributed by atoms with Gasteiger partial charge in [0.15, 0.2) is 0 Å². The van der Waals surface area contributed by atoms with Crippen molar-refractivity contribution < 1.29 is 9.13 Å². The van der Waals surface area contributed by atoms with E-state index in [1.807, 2.05) is 13.0 Å². The van der Waals surface area contributed by atoms with Crippen molar-refractivity contribution in [1.29, 1.82) is 0 Å². The lowest BCUT2D eigenvalue weighted by Crippen LogP contribution is -2.49. The number of hydrogen-bond donors (Lipinski definition) is 1. The predicted octanol–water partition coefficient (Wildman–Crippen LogP) is 2.72. The number of benzene rings is 1. The molecule has 0 aromatic heterocycles. The molecule has 0 amide bonds. The van der Waals surface area contributed by atoms with Crippen LogP contribution >= 0.6 is 0 Å². The van der Waals surface area contributed by atoms with Crippen molar-refractivity contribution >= 4 is 5.69 Å². The minimum Gasteiger partial charge on any atom is -0.375 e. The minimum absolute atomic E-state index is 0.0517. The van der Waals surface area contributed by atoms with Gasteiger partial charge >= 0.3 is 0 Å². The van der Waals surface area contributed by atoms with E-state index in [0.29, 0.717) is 19.1 Å². The van der Waals surface area contributed by atoms with Gasteiger partial charge < -0.3 is 15.4 Å². The lowest BCUT2D eigenvalue weighted by Gasteiger charge is -2.41. The summed E-state index contributed by atoms with van der Waals surface area (Å²) < 4.78 is 19.9. The van der Waals surface area contributed by atoms with Crippen LogP contribution in [0.3, 0.4) is 0 Å². The van der Waals surface area contributed by atoms with Crippen LogP contribution in [-0.4, -0.2) is 31.3 Å². The molecule has 0 spiro atoms. The number of rotatable bonds is 4. The van der Waals surface area contributed by atoms with Crippen molar-refractivity contribution in [1.82, 2.24) is 0 Å². The molecule has 2 rings (SSSR count). The Bertz CT molecular complexity index is 450. The Kier molecular flexibility index (Phi) is 5.00.